The summed E-state index contributed by atoms with van der Waals surface area (Å²) in [6.45, 7) is 3.35. The lowest BCUT2D eigenvalue weighted by molar-refractivity contribution is -0.148. The van der Waals surface area contributed by atoms with Gasteiger partial charge in [0.05, 0.1) is 12.5 Å². The number of nitrogens with one attached hydrogen (secondary N) is 1. The van der Waals surface area contributed by atoms with Crippen LogP contribution in [0.25, 0.3) is 11.2 Å². The topological polar surface area (TPSA) is 102 Å². The molecule has 0 saturated carbocycles. The molecule has 1 fully saturated rings. The maximum absolute atomic E-state index is 12.2. The van der Waals surface area contributed by atoms with Gasteiger partial charge in [0.2, 0.25) is 5.95 Å². The second-order valence-corrected chi connectivity index (χ2v) is 6.00. The van der Waals surface area contributed by atoms with E-state index in [2.05, 4.69) is 9.97 Å². The number of anilines is 1. The van der Waals surface area contributed by atoms with Gasteiger partial charge in [-0.1, -0.05) is 0 Å². The van der Waals surface area contributed by atoms with Crippen LogP contribution in [0.1, 0.15) is 19.8 Å². The zero-order chi connectivity index (χ0) is 17.4. The second kappa shape index (κ2) is 6.14. The number of carbonyl (C=O) groups is 1. The van der Waals surface area contributed by atoms with Crippen LogP contribution in [0.15, 0.2) is 9.59 Å². The number of aromatic nitrogens is 4. The first-order chi connectivity index (χ1) is 11.4. The van der Waals surface area contributed by atoms with E-state index in [1.807, 2.05) is 4.90 Å². The van der Waals surface area contributed by atoms with Gasteiger partial charge in [-0.25, -0.2) is 4.79 Å². The van der Waals surface area contributed by atoms with E-state index in [-0.39, 0.29) is 17.4 Å². The summed E-state index contributed by atoms with van der Waals surface area (Å²) in [6, 6.07) is 0. The Morgan fingerprint density at radius 2 is 2.08 bits per heavy atom. The fourth-order valence-electron chi connectivity index (χ4n) is 3.09. The third-order valence-corrected chi connectivity index (χ3v) is 4.42. The van der Waals surface area contributed by atoms with Crippen LogP contribution in [0.4, 0.5) is 5.95 Å². The molecule has 3 heterocycles. The minimum Gasteiger partial charge on any atom is -0.466 e. The fourth-order valence-corrected chi connectivity index (χ4v) is 3.09. The van der Waals surface area contributed by atoms with Crippen LogP contribution in [0.5, 0.6) is 0 Å². The zero-order valence-electron chi connectivity index (χ0n) is 14.0. The van der Waals surface area contributed by atoms with Crippen LogP contribution < -0.4 is 16.1 Å². The number of ether oxygens (including phenoxy) is 1. The first-order valence-corrected chi connectivity index (χ1v) is 8.01. The Kier molecular flexibility index (Phi) is 4.16. The van der Waals surface area contributed by atoms with Gasteiger partial charge in [-0.2, -0.15) is 4.98 Å². The standard InChI is InChI=1S/C15H21N5O4/c1-4-24-13(22)9-6-5-7-20(8-9)14-16-10-11(17-14)18(2)15(23)19(3)12(10)21/h9H,4-8H2,1-3H3,(H,16,17). The molecule has 0 radical (unpaired) electrons. The third kappa shape index (κ3) is 2.59. The Hall–Kier alpha value is -2.58. The number of imidazole rings is 1. The summed E-state index contributed by atoms with van der Waals surface area (Å²) in [4.78, 5) is 45.5. The van der Waals surface area contributed by atoms with E-state index in [0.717, 1.165) is 24.0 Å². The molecule has 1 unspecified atom stereocenters. The monoisotopic (exact) mass is 335 g/mol. The van der Waals surface area contributed by atoms with E-state index >= 15 is 0 Å². The molecule has 0 aliphatic carbocycles. The van der Waals surface area contributed by atoms with E-state index in [1.165, 1.54) is 11.6 Å². The smallest absolute Gasteiger partial charge is 0.332 e. The maximum Gasteiger partial charge on any atom is 0.332 e. The van der Waals surface area contributed by atoms with Crippen molar-refractivity contribution in [2.45, 2.75) is 19.8 Å². The Bertz CT molecular complexity index is 894. The average Bonchev–Trinajstić information content (AvgIpc) is 3.04. The SMILES string of the molecule is CCOC(=O)C1CCCN(c2nc3c([nH]2)c(=O)n(C)c(=O)n3C)C1. The summed E-state index contributed by atoms with van der Waals surface area (Å²) >= 11 is 0. The molecule has 130 valence electrons. The van der Waals surface area contributed by atoms with Crippen molar-refractivity contribution in [1.82, 2.24) is 19.1 Å². The van der Waals surface area contributed by atoms with E-state index in [9.17, 15) is 14.4 Å². The highest BCUT2D eigenvalue weighted by Crippen LogP contribution is 2.23. The molecule has 1 atom stereocenters. The summed E-state index contributed by atoms with van der Waals surface area (Å²) in [5, 5.41) is 0. The van der Waals surface area contributed by atoms with E-state index in [0.29, 0.717) is 24.7 Å². The van der Waals surface area contributed by atoms with Gasteiger partial charge in [-0.3, -0.25) is 18.7 Å². The van der Waals surface area contributed by atoms with Gasteiger partial charge in [-0.05, 0) is 19.8 Å². The quantitative estimate of drug-likeness (QED) is 0.775. The molecular weight excluding hydrogens is 314 g/mol. The largest absolute Gasteiger partial charge is 0.466 e. The number of carbonyl (C=O) groups excluding carboxylic acids is 1. The first kappa shape index (κ1) is 16.3. The van der Waals surface area contributed by atoms with Crippen molar-refractivity contribution in [3.05, 3.63) is 20.8 Å². The molecule has 1 N–H and O–H groups in total. The van der Waals surface area contributed by atoms with Crippen LogP contribution in [-0.4, -0.2) is 44.8 Å². The van der Waals surface area contributed by atoms with Gasteiger partial charge in [0.15, 0.2) is 11.2 Å². The predicted molar refractivity (Wildman–Crippen MR) is 88.1 cm³/mol. The third-order valence-electron chi connectivity index (χ3n) is 4.42. The van der Waals surface area contributed by atoms with Crippen molar-refractivity contribution in [2.24, 2.45) is 20.0 Å². The molecule has 0 aromatic carbocycles. The van der Waals surface area contributed by atoms with Gasteiger partial charge >= 0.3 is 11.7 Å². The number of aryl methyl sites for hydroxylation is 1. The second-order valence-electron chi connectivity index (χ2n) is 6.00. The zero-order valence-corrected chi connectivity index (χ0v) is 14.0. The molecule has 2 aromatic rings. The molecule has 0 spiro atoms. The van der Waals surface area contributed by atoms with E-state index in [4.69, 9.17) is 4.74 Å². The number of piperidine rings is 1. The summed E-state index contributed by atoms with van der Waals surface area (Å²) in [7, 11) is 3.01. The number of nitrogens with zero attached hydrogens (tertiary/aromatic N) is 4. The van der Waals surface area contributed by atoms with Gasteiger partial charge in [-0.15, -0.1) is 0 Å². The Morgan fingerprint density at radius 1 is 1.33 bits per heavy atom. The molecule has 3 rings (SSSR count). The molecular formula is C15H21N5O4. The Balaban J connectivity index is 1.97. The molecule has 9 nitrogen and oxygen atoms in total. The number of aromatic amines is 1. The van der Waals surface area contributed by atoms with Crippen LogP contribution in [0.3, 0.4) is 0 Å². The summed E-state index contributed by atoms with van der Waals surface area (Å²) in [5.41, 5.74) is -0.233. The van der Waals surface area contributed by atoms with Crippen molar-refractivity contribution in [3.8, 4) is 0 Å². The minimum absolute atomic E-state index is 0.207. The lowest BCUT2D eigenvalue weighted by Gasteiger charge is -2.31. The Morgan fingerprint density at radius 3 is 2.79 bits per heavy atom. The normalized spacial score (nSPS) is 18.1. The van der Waals surface area contributed by atoms with Crippen molar-refractivity contribution in [3.63, 3.8) is 0 Å². The van der Waals surface area contributed by atoms with Crippen molar-refractivity contribution in [1.29, 1.82) is 0 Å². The molecule has 1 aliphatic heterocycles. The van der Waals surface area contributed by atoms with Crippen molar-refractivity contribution in [2.75, 3.05) is 24.6 Å². The maximum atomic E-state index is 12.2. The predicted octanol–water partition coefficient (Wildman–Crippen LogP) is -0.260. The van der Waals surface area contributed by atoms with Crippen LogP contribution in [0.2, 0.25) is 0 Å². The minimum atomic E-state index is -0.423. The van der Waals surface area contributed by atoms with Gasteiger partial charge in [0.25, 0.3) is 5.56 Å². The number of esters is 1. The van der Waals surface area contributed by atoms with Gasteiger partial charge in [0, 0.05) is 27.2 Å². The number of H-pyrrole nitrogens is 1. The van der Waals surface area contributed by atoms with Crippen molar-refractivity contribution < 1.29 is 9.53 Å². The molecule has 0 bridgehead atoms. The molecule has 24 heavy (non-hydrogen) atoms. The molecule has 2 aromatic heterocycles. The van der Waals surface area contributed by atoms with Gasteiger partial charge in [0.1, 0.15) is 0 Å². The highest BCUT2D eigenvalue weighted by atomic mass is 16.5. The van der Waals surface area contributed by atoms with Crippen LogP contribution >= 0.6 is 0 Å². The van der Waals surface area contributed by atoms with Crippen LogP contribution in [-0.2, 0) is 23.6 Å². The number of fused-ring (bicyclic) bond motifs is 1. The van der Waals surface area contributed by atoms with Gasteiger partial charge < -0.3 is 14.6 Å². The summed E-state index contributed by atoms with van der Waals surface area (Å²) < 4.78 is 7.48. The molecule has 9 heteroatoms. The van der Waals surface area contributed by atoms with E-state index in [1.54, 1.807) is 14.0 Å². The summed E-state index contributed by atoms with van der Waals surface area (Å²) in [5.74, 6) is 0.0810. The number of rotatable bonds is 3. The van der Waals surface area contributed by atoms with Crippen LogP contribution in [0, 0.1) is 5.92 Å². The lowest BCUT2D eigenvalue weighted by Crippen LogP contribution is -2.40. The number of hydrogen-bond acceptors (Lipinski definition) is 6. The molecule has 1 aliphatic rings. The lowest BCUT2D eigenvalue weighted by atomic mass is 9.98. The highest BCUT2D eigenvalue weighted by Gasteiger charge is 2.28. The number of hydrogen-bond donors (Lipinski definition) is 1. The fraction of sp³-hybridized carbons (Fsp3) is 0.600. The first-order valence-electron chi connectivity index (χ1n) is 8.01. The average molecular weight is 335 g/mol. The molecule has 0 amide bonds. The van der Waals surface area contributed by atoms with E-state index < -0.39 is 11.2 Å². The summed E-state index contributed by atoms with van der Waals surface area (Å²) in [6.07, 6.45) is 1.60. The van der Waals surface area contributed by atoms with Crippen molar-refractivity contribution >= 4 is 23.1 Å². The highest BCUT2D eigenvalue weighted by molar-refractivity contribution is 5.75. The Labute approximate surface area is 137 Å². The molecule has 1 saturated heterocycles.